The molecule has 2 saturated carbocycles. The average molecular weight is 614 g/mol. The molecule has 1 saturated heterocycles. The molecule has 3 fully saturated rings. The number of hydrogen-bond acceptors (Lipinski definition) is 6. The van der Waals surface area contributed by atoms with E-state index in [1.54, 1.807) is 0 Å². The smallest absolute Gasteiger partial charge is 0.255 e. The maximum atomic E-state index is 13.8. The number of carbonyl (C=O) groups is 2. The summed E-state index contributed by atoms with van der Waals surface area (Å²) in [4.78, 5) is 27.2. The number of aliphatic hydroxyl groups is 1. The number of rotatable bonds is 7. The summed E-state index contributed by atoms with van der Waals surface area (Å²) >= 11 is 6.27. The quantitative estimate of drug-likeness (QED) is 0.408. The Bertz CT molecular complexity index is 1450. The van der Waals surface area contributed by atoms with Crippen LogP contribution in [0.1, 0.15) is 48.9 Å². The minimum atomic E-state index is -4.05. The Labute approximate surface area is 241 Å². The molecule has 1 aliphatic heterocycles. The first-order valence-electron chi connectivity index (χ1n) is 13.5. The van der Waals surface area contributed by atoms with Crippen molar-refractivity contribution >= 4 is 38.9 Å². The number of sulfone groups is 1. The van der Waals surface area contributed by atoms with E-state index in [0.717, 1.165) is 25.5 Å². The minimum Gasteiger partial charge on any atom is -0.387 e. The maximum absolute atomic E-state index is 13.8. The van der Waals surface area contributed by atoms with E-state index >= 15 is 0 Å². The number of nitrogens with zero attached hydrogens (tertiary/aromatic N) is 1. The second-order valence-corrected chi connectivity index (χ2v) is 13.9. The Kier molecular flexibility index (Phi) is 8.14. The molecule has 3 N–H and O–H groups in total. The van der Waals surface area contributed by atoms with Crippen LogP contribution in [0.5, 0.6) is 0 Å². The van der Waals surface area contributed by atoms with Crippen molar-refractivity contribution in [2.45, 2.75) is 60.3 Å². The summed E-state index contributed by atoms with van der Waals surface area (Å²) in [5.74, 6) is -6.37. The Hall–Kier alpha value is -2.67. The molecule has 1 heterocycles. The Morgan fingerprint density at radius 2 is 1.71 bits per heavy atom. The van der Waals surface area contributed by atoms with Crippen LogP contribution in [0.15, 0.2) is 35.2 Å². The van der Waals surface area contributed by atoms with Gasteiger partial charge in [-0.25, -0.2) is 21.6 Å². The van der Waals surface area contributed by atoms with Crippen molar-refractivity contribution in [1.82, 2.24) is 10.2 Å². The molecule has 13 heteroatoms. The van der Waals surface area contributed by atoms with Crippen molar-refractivity contribution < 1.29 is 36.3 Å². The van der Waals surface area contributed by atoms with E-state index in [9.17, 15) is 36.3 Å². The summed E-state index contributed by atoms with van der Waals surface area (Å²) in [5, 5.41) is 15.7. The lowest BCUT2D eigenvalue weighted by Gasteiger charge is -2.42. The molecular weight excluding hydrogens is 583 g/mol. The van der Waals surface area contributed by atoms with E-state index in [1.807, 2.05) is 11.9 Å². The van der Waals surface area contributed by atoms with Gasteiger partial charge in [0.1, 0.15) is 0 Å². The van der Waals surface area contributed by atoms with Gasteiger partial charge in [-0.15, -0.1) is 0 Å². The Morgan fingerprint density at radius 3 is 2.29 bits per heavy atom. The first-order chi connectivity index (χ1) is 19.3. The van der Waals surface area contributed by atoms with Gasteiger partial charge in [-0.05, 0) is 82.2 Å². The molecule has 0 radical (unpaired) electrons. The molecule has 2 bridgehead atoms. The van der Waals surface area contributed by atoms with Crippen LogP contribution in [0.2, 0.25) is 5.02 Å². The van der Waals surface area contributed by atoms with Crippen molar-refractivity contribution in [1.29, 1.82) is 0 Å². The molecule has 3 aliphatic rings. The number of halogens is 4. The van der Waals surface area contributed by atoms with E-state index in [4.69, 9.17) is 11.6 Å². The standard InChI is InChI=1S/C28H31ClF3N3O5S/c1-35-8-2-3-23(35)27(37)33-14-28(38)16-5-6-17(28)11-19(10-16)41(39,40)24-9-15(4-7-20(24)29)26(36)34-18-12-21(30)25(32)22(31)13-18/h4,7,9,12-13,16-17,19,23,38H,2-3,5-6,8,10-11,14H2,1H3,(H,33,37)(H,34,36)/t16?,17?,19-,23-,28-/m1/s1. The molecule has 41 heavy (non-hydrogen) atoms. The van der Waals surface area contributed by atoms with Gasteiger partial charge in [0.25, 0.3) is 5.91 Å². The summed E-state index contributed by atoms with van der Waals surface area (Å²) in [7, 11) is -2.17. The minimum absolute atomic E-state index is 0.0548. The van der Waals surface area contributed by atoms with E-state index in [2.05, 4.69) is 10.6 Å². The fraction of sp³-hybridized carbons (Fsp3) is 0.500. The molecule has 8 nitrogen and oxygen atoms in total. The van der Waals surface area contributed by atoms with Gasteiger partial charge in [0.15, 0.2) is 27.3 Å². The van der Waals surface area contributed by atoms with Crippen molar-refractivity contribution in [2.75, 3.05) is 25.5 Å². The SMILES string of the molecule is CN1CCC[C@@H]1C(=O)NC[C@]1(O)C2CCC1C[C@@H](S(=O)(=O)c1cc(C(=O)Nc3cc(F)c(F)c(F)c3)ccc1Cl)C2. The van der Waals surface area contributed by atoms with Gasteiger partial charge in [-0.2, -0.15) is 0 Å². The number of benzene rings is 2. The van der Waals surface area contributed by atoms with Gasteiger partial charge in [-0.1, -0.05) is 11.6 Å². The molecule has 0 aromatic heterocycles. The first-order valence-corrected chi connectivity index (χ1v) is 15.4. The van der Waals surface area contributed by atoms with E-state index in [0.29, 0.717) is 25.0 Å². The highest BCUT2D eigenvalue weighted by Crippen LogP contribution is 2.52. The highest BCUT2D eigenvalue weighted by molar-refractivity contribution is 7.92. The van der Waals surface area contributed by atoms with Crippen LogP contribution in [0.25, 0.3) is 0 Å². The number of hydrogen-bond donors (Lipinski definition) is 3. The summed E-state index contributed by atoms with van der Waals surface area (Å²) in [6.07, 6.45) is 3.24. The third-order valence-electron chi connectivity index (χ3n) is 8.92. The van der Waals surface area contributed by atoms with Crippen molar-refractivity contribution in [2.24, 2.45) is 11.8 Å². The van der Waals surface area contributed by atoms with Crippen LogP contribution in [0.4, 0.5) is 18.9 Å². The van der Waals surface area contributed by atoms with Crippen molar-refractivity contribution in [3.8, 4) is 0 Å². The third kappa shape index (κ3) is 5.59. The number of nitrogens with one attached hydrogen (secondary N) is 2. The molecule has 2 unspecified atom stereocenters. The van der Waals surface area contributed by atoms with Crippen molar-refractivity contribution in [3.63, 3.8) is 0 Å². The fourth-order valence-electron chi connectivity index (χ4n) is 6.61. The number of amides is 2. The van der Waals surface area contributed by atoms with Crippen LogP contribution < -0.4 is 10.6 Å². The lowest BCUT2D eigenvalue weighted by molar-refractivity contribution is -0.128. The normalized spacial score (nSPS) is 28.0. The number of anilines is 1. The molecule has 2 aliphatic carbocycles. The first kappa shape index (κ1) is 29.8. The highest BCUT2D eigenvalue weighted by atomic mass is 35.5. The second-order valence-electron chi connectivity index (χ2n) is 11.3. The second kappa shape index (κ2) is 11.2. The molecule has 3 atom stereocenters. The van der Waals surface area contributed by atoms with Gasteiger partial charge in [0.05, 0.1) is 26.8 Å². The number of likely N-dealkylation sites (N-methyl/N-ethyl adjacent to an activating group) is 1. The van der Waals surface area contributed by atoms with Crippen LogP contribution in [-0.2, 0) is 14.6 Å². The summed E-state index contributed by atoms with van der Waals surface area (Å²) < 4.78 is 67.9. The van der Waals surface area contributed by atoms with Crippen LogP contribution in [0.3, 0.4) is 0 Å². The van der Waals surface area contributed by atoms with E-state index < -0.39 is 44.0 Å². The predicted molar refractivity (Wildman–Crippen MR) is 146 cm³/mol. The third-order valence-corrected chi connectivity index (χ3v) is 11.6. The molecule has 2 amide bonds. The van der Waals surface area contributed by atoms with E-state index in [1.165, 1.54) is 12.1 Å². The average Bonchev–Trinajstić information content (AvgIpc) is 3.38. The lowest BCUT2D eigenvalue weighted by atomic mass is 9.74. The molecule has 0 spiro atoms. The summed E-state index contributed by atoms with van der Waals surface area (Å²) in [6.45, 7) is 0.890. The highest BCUT2D eigenvalue weighted by Gasteiger charge is 2.56. The van der Waals surface area contributed by atoms with Crippen LogP contribution in [-0.4, -0.2) is 67.3 Å². The van der Waals surface area contributed by atoms with Crippen LogP contribution >= 0.6 is 11.6 Å². The molecule has 222 valence electrons. The van der Waals surface area contributed by atoms with Gasteiger partial charge < -0.3 is 15.7 Å². The zero-order valence-electron chi connectivity index (χ0n) is 22.3. The van der Waals surface area contributed by atoms with Gasteiger partial charge in [-0.3, -0.25) is 14.5 Å². The Balaban J connectivity index is 1.30. The Morgan fingerprint density at radius 1 is 1.07 bits per heavy atom. The van der Waals surface area contributed by atoms with Crippen LogP contribution in [0, 0.1) is 29.3 Å². The lowest BCUT2D eigenvalue weighted by Crippen LogP contribution is -2.56. The maximum Gasteiger partial charge on any atom is 0.255 e. The van der Waals surface area contributed by atoms with Gasteiger partial charge >= 0.3 is 0 Å². The number of likely N-dealkylation sites (tertiary alicyclic amines) is 1. The number of fused-ring (bicyclic) bond motifs is 2. The number of carbonyl (C=O) groups excluding carboxylic acids is 2. The zero-order chi connectivity index (χ0) is 29.7. The van der Waals surface area contributed by atoms with Gasteiger partial charge in [0, 0.05) is 29.9 Å². The van der Waals surface area contributed by atoms with Gasteiger partial charge in [0.2, 0.25) is 5.91 Å². The fourth-order valence-corrected chi connectivity index (χ4v) is 9.02. The molecule has 2 aromatic carbocycles. The molecular formula is C28H31ClF3N3O5S. The monoisotopic (exact) mass is 613 g/mol. The predicted octanol–water partition coefficient (Wildman–Crippen LogP) is 3.91. The summed E-state index contributed by atoms with van der Waals surface area (Å²) in [6, 6.07) is 4.60. The topological polar surface area (TPSA) is 116 Å². The molecule has 2 aromatic rings. The van der Waals surface area contributed by atoms with E-state index in [-0.39, 0.29) is 64.3 Å². The molecule has 5 rings (SSSR count). The zero-order valence-corrected chi connectivity index (χ0v) is 23.9. The van der Waals surface area contributed by atoms with Crippen molar-refractivity contribution in [3.05, 3.63) is 58.4 Å². The largest absolute Gasteiger partial charge is 0.387 e. The summed E-state index contributed by atoms with van der Waals surface area (Å²) in [5.41, 5.74) is -1.70.